The first kappa shape index (κ1) is 14.2. The van der Waals surface area contributed by atoms with Crippen molar-refractivity contribution in [1.29, 1.82) is 0 Å². The van der Waals surface area contributed by atoms with Gasteiger partial charge < -0.3 is 0 Å². The van der Waals surface area contributed by atoms with Crippen LogP contribution in [-0.4, -0.2) is 18.6 Å². The molecule has 0 saturated heterocycles. The molecule has 0 radical (unpaired) electrons. The Hall–Kier alpha value is -1.25. The summed E-state index contributed by atoms with van der Waals surface area (Å²) in [5, 5.41) is 6.43. The quantitative estimate of drug-likeness (QED) is 0.867. The number of nitrogens with zero attached hydrogens (tertiary/aromatic N) is 1. The zero-order valence-corrected chi connectivity index (χ0v) is 12.1. The van der Waals surface area contributed by atoms with E-state index in [-0.39, 0.29) is 12.3 Å². The number of H-pyrrole nitrogens is 1. The van der Waals surface area contributed by atoms with Gasteiger partial charge in [0.05, 0.1) is 28.7 Å². The van der Waals surface area contributed by atoms with Crippen molar-refractivity contribution in [1.82, 2.24) is 14.9 Å². The molecule has 0 amide bonds. The number of aromatic nitrogens is 2. The first-order valence-corrected chi connectivity index (χ1v) is 7.80. The molecular formula is C11H11BrFN3O2S. The second-order valence-corrected chi connectivity index (χ2v) is 6.57. The van der Waals surface area contributed by atoms with Crippen LogP contribution in [0.4, 0.5) is 4.39 Å². The van der Waals surface area contributed by atoms with Gasteiger partial charge in [0.15, 0.2) is 0 Å². The summed E-state index contributed by atoms with van der Waals surface area (Å²) in [4.78, 5) is 0. The Morgan fingerprint density at radius 1 is 1.42 bits per heavy atom. The van der Waals surface area contributed by atoms with Gasteiger partial charge in [0.25, 0.3) is 0 Å². The molecule has 0 unspecified atom stereocenters. The standard InChI is InChI=1S/C11H11BrFN3O2S/c12-10-5-14-16-11(10)6-15-19(17,18)7-8-2-1-3-9(13)4-8/h1-5,15H,6-7H2,(H,14,16). The van der Waals surface area contributed by atoms with Crippen LogP contribution < -0.4 is 4.72 Å². The molecule has 1 aromatic heterocycles. The monoisotopic (exact) mass is 347 g/mol. The Morgan fingerprint density at radius 3 is 2.84 bits per heavy atom. The maximum Gasteiger partial charge on any atom is 0.216 e. The molecule has 1 aromatic carbocycles. The van der Waals surface area contributed by atoms with Crippen LogP contribution in [-0.2, 0) is 22.3 Å². The second kappa shape index (κ2) is 5.81. The van der Waals surface area contributed by atoms with E-state index in [4.69, 9.17) is 0 Å². The van der Waals surface area contributed by atoms with E-state index >= 15 is 0 Å². The summed E-state index contributed by atoms with van der Waals surface area (Å²) in [7, 11) is -3.53. The third-order valence-corrected chi connectivity index (χ3v) is 4.36. The fourth-order valence-corrected chi connectivity index (χ4v) is 2.92. The SMILES string of the molecule is O=S(=O)(Cc1cccc(F)c1)NCc1[nH]ncc1Br. The van der Waals surface area contributed by atoms with Gasteiger partial charge in [-0.05, 0) is 33.6 Å². The van der Waals surface area contributed by atoms with Gasteiger partial charge in [0.1, 0.15) is 5.82 Å². The lowest BCUT2D eigenvalue weighted by atomic mass is 10.2. The Balaban J connectivity index is 2.01. The van der Waals surface area contributed by atoms with E-state index in [2.05, 4.69) is 30.8 Å². The normalized spacial score (nSPS) is 11.7. The molecule has 0 fully saturated rings. The van der Waals surface area contributed by atoms with Gasteiger partial charge in [-0.3, -0.25) is 5.10 Å². The average molecular weight is 348 g/mol. The van der Waals surface area contributed by atoms with Gasteiger partial charge in [-0.15, -0.1) is 0 Å². The third kappa shape index (κ3) is 4.12. The zero-order chi connectivity index (χ0) is 13.9. The smallest absolute Gasteiger partial charge is 0.216 e. The van der Waals surface area contributed by atoms with Crippen LogP contribution in [0.15, 0.2) is 34.9 Å². The maximum absolute atomic E-state index is 13.0. The topological polar surface area (TPSA) is 74.8 Å². The summed E-state index contributed by atoms with van der Waals surface area (Å²) >= 11 is 3.23. The fourth-order valence-electron chi connectivity index (χ4n) is 1.50. The second-order valence-electron chi connectivity index (χ2n) is 3.91. The summed E-state index contributed by atoms with van der Waals surface area (Å²) < 4.78 is 39.8. The predicted molar refractivity (Wildman–Crippen MR) is 72.2 cm³/mol. The number of sulfonamides is 1. The molecule has 0 atom stereocenters. The Kier molecular flexibility index (Phi) is 4.33. The highest BCUT2D eigenvalue weighted by molar-refractivity contribution is 9.10. The highest BCUT2D eigenvalue weighted by atomic mass is 79.9. The lowest BCUT2D eigenvalue weighted by Gasteiger charge is -2.06. The van der Waals surface area contributed by atoms with Crippen LogP contribution in [0.1, 0.15) is 11.3 Å². The molecule has 5 nitrogen and oxygen atoms in total. The van der Waals surface area contributed by atoms with Crippen molar-refractivity contribution in [2.45, 2.75) is 12.3 Å². The molecule has 102 valence electrons. The molecule has 19 heavy (non-hydrogen) atoms. The van der Waals surface area contributed by atoms with Gasteiger partial charge in [-0.1, -0.05) is 12.1 Å². The van der Waals surface area contributed by atoms with Crippen molar-refractivity contribution in [2.24, 2.45) is 0 Å². The summed E-state index contributed by atoms with van der Waals surface area (Å²) in [6, 6.07) is 5.51. The highest BCUT2D eigenvalue weighted by Gasteiger charge is 2.13. The van der Waals surface area contributed by atoms with Gasteiger partial charge in [0.2, 0.25) is 10.0 Å². The molecular weight excluding hydrogens is 337 g/mol. The summed E-state index contributed by atoms with van der Waals surface area (Å²) in [6.07, 6.45) is 1.54. The molecule has 0 aliphatic rings. The van der Waals surface area contributed by atoms with Gasteiger partial charge in [-0.25, -0.2) is 17.5 Å². The van der Waals surface area contributed by atoms with E-state index in [1.54, 1.807) is 6.07 Å². The number of halogens is 2. The van der Waals surface area contributed by atoms with Crippen molar-refractivity contribution < 1.29 is 12.8 Å². The van der Waals surface area contributed by atoms with Crippen LogP contribution in [0.3, 0.4) is 0 Å². The number of rotatable bonds is 5. The predicted octanol–water partition coefficient (Wildman–Crippen LogP) is 1.93. The van der Waals surface area contributed by atoms with E-state index in [1.807, 2.05) is 0 Å². The number of hydrogen-bond acceptors (Lipinski definition) is 3. The molecule has 8 heteroatoms. The molecule has 2 aromatic rings. The lowest BCUT2D eigenvalue weighted by molar-refractivity contribution is 0.579. The summed E-state index contributed by atoms with van der Waals surface area (Å²) in [6.45, 7) is 0.0955. The summed E-state index contributed by atoms with van der Waals surface area (Å²) in [5.74, 6) is -0.722. The van der Waals surface area contributed by atoms with E-state index in [1.165, 1.54) is 24.4 Å². The minimum absolute atomic E-state index is 0.0955. The zero-order valence-electron chi connectivity index (χ0n) is 9.73. The van der Waals surface area contributed by atoms with Crippen LogP contribution in [0.25, 0.3) is 0 Å². The molecule has 0 saturated carbocycles. The summed E-state index contributed by atoms with van der Waals surface area (Å²) in [5.41, 5.74) is 1.03. The lowest BCUT2D eigenvalue weighted by Crippen LogP contribution is -2.25. The first-order valence-electron chi connectivity index (χ1n) is 5.36. The molecule has 2 rings (SSSR count). The van der Waals surface area contributed by atoms with Crippen molar-refractivity contribution in [3.63, 3.8) is 0 Å². The third-order valence-electron chi connectivity index (χ3n) is 2.38. The minimum atomic E-state index is -3.53. The maximum atomic E-state index is 13.0. The largest absolute Gasteiger partial charge is 0.280 e. The van der Waals surface area contributed by atoms with E-state index < -0.39 is 15.8 Å². The van der Waals surface area contributed by atoms with Crippen molar-refractivity contribution in [2.75, 3.05) is 0 Å². The van der Waals surface area contributed by atoms with Crippen LogP contribution in [0.5, 0.6) is 0 Å². The van der Waals surface area contributed by atoms with Crippen molar-refractivity contribution >= 4 is 26.0 Å². The highest BCUT2D eigenvalue weighted by Crippen LogP contribution is 2.13. The van der Waals surface area contributed by atoms with Crippen LogP contribution in [0.2, 0.25) is 0 Å². The van der Waals surface area contributed by atoms with Crippen LogP contribution in [0, 0.1) is 5.82 Å². The Labute approximate surface area is 118 Å². The molecule has 0 spiro atoms. The van der Waals surface area contributed by atoms with Gasteiger partial charge >= 0.3 is 0 Å². The number of nitrogens with one attached hydrogen (secondary N) is 2. The van der Waals surface area contributed by atoms with Gasteiger partial charge in [-0.2, -0.15) is 5.10 Å². The molecule has 2 N–H and O–H groups in total. The van der Waals surface area contributed by atoms with Crippen molar-refractivity contribution in [3.05, 3.63) is 52.0 Å². The minimum Gasteiger partial charge on any atom is -0.280 e. The number of hydrogen-bond donors (Lipinski definition) is 2. The molecule has 0 aliphatic carbocycles. The van der Waals surface area contributed by atoms with Gasteiger partial charge in [0, 0.05) is 0 Å². The Morgan fingerprint density at radius 2 is 2.21 bits per heavy atom. The van der Waals surface area contributed by atoms with E-state index in [9.17, 15) is 12.8 Å². The average Bonchev–Trinajstić information content (AvgIpc) is 2.72. The van der Waals surface area contributed by atoms with Crippen LogP contribution >= 0.6 is 15.9 Å². The molecule has 1 heterocycles. The van der Waals surface area contributed by atoms with E-state index in [0.29, 0.717) is 15.7 Å². The fraction of sp³-hybridized carbons (Fsp3) is 0.182. The molecule has 0 aliphatic heterocycles. The molecule has 0 bridgehead atoms. The van der Waals surface area contributed by atoms with Crippen molar-refractivity contribution in [3.8, 4) is 0 Å². The number of benzene rings is 1. The number of aromatic amines is 1. The van der Waals surface area contributed by atoms with E-state index in [0.717, 1.165) is 0 Å². The Bertz CT molecular complexity index is 672. The first-order chi connectivity index (χ1) is 8.96.